The number of aromatic nitrogens is 5. The molecule has 22 nitrogen and oxygen atoms in total. The number of nitrogens with one attached hydrogen (secondary N) is 2. The van der Waals surface area contributed by atoms with E-state index in [1.165, 1.54) is 15.3 Å². The molecule has 14 rings (SSSR count). The molecule has 0 saturated carbocycles. The van der Waals surface area contributed by atoms with Gasteiger partial charge in [0.2, 0.25) is 25.7 Å². The Balaban J connectivity index is 0.000000210. The first-order valence-electron chi connectivity index (χ1n) is 34.9. The number of anilines is 3. The second kappa shape index (κ2) is 43.5. The van der Waals surface area contributed by atoms with Crippen molar-refractivity contribution in [3.63, 3.8) is 0 Å². The van der Waals surface area contributed by atoms with Gasteiger partial charge in [-0.3, -0.25) is 29.8 Å². The summed E-state index contributed by atoms with van der Waals surface area (Å²) in [5.41, 5.74) is 14.2. The van der Waals surface area contributed by atoms with Crippen LogP contribution in [0, 0.1) is 6.92 Å². The summed E-state index contributed by atoms with van der Waals surface area (Å²) in [5.74, 6) is 0.410. The zero-order chi connectivity index (χ0) is 79.3. The number of benzene rings is 8. The van der Waals surface area contributed by atoms with E-state index in [1.54, 1.807) is 49.5 Å². The number of esters is 2. The number of nitrogens with two attached hydrogens (primary N) is 1. The minimum absolute atomic E-state index is 0. The van der Waals surface area contributed by atoms with Crippen LogP contribution in [0.15, 0.2) is 244 Å². The molecular weight excluding hydrogens is 1710 g/mol. The Kier molecular flexibility index (Phi) is 34.8. The molecule has 3 atom stereocenters. The molecule has 3 aliphatic rings. The molecule has 0 aliphatic carbocycles. The molecule has 0 radical (unpaired) electrons. The van der Waals surface area contributed by atoms with Crippen LogP contribution < -0.4 is 49.8 Å². The summed E-state index contributed by atoms with van der Waals surface area (Å²) < 4.78 is 35.6. The molecule has 8 aromatic carbocycles. The predicted molar refractivity (Wildman–Crippen MR) is 464 cm³/mol. The number of ether oxygens (including phenoxy) is 5. The molecular formula is C85H92BBr3Cl3N11O11. The van der Waals surface area contributed by atoms with E-state index < -0.39 is 35.6 Å². The smallest absolute Gasteiger partial charge is 0.359 e. The molecule has 0 spiro atoms. The molecule has 3 aliphatic heterocycles. The third-order valence-electron chi connectivity index (χ3n) is 17.6. The molecule has 114 heavy (non-hydrogen) atoms. The Morgan fingerprint density at radius 1 is 0.561 bits per heavy atom. The van der Waals surface area contributed by atoms with Crippen LogP contribution in [0.4, 0.5) is 17.1 Å². The van der Waals surface area contributed by atoms with Crippen LogP contribution in [0.5, 0.6) is 17.2 Å². The number of aldehydes is 1. The average Bonchev–Trinajstić information content (AvgIpc) is 0.935. The number of rotatable bonds is 17. The number of likely N-dealkylation sites (N-methyl/N-ethyl adjacent to an activating group) is 3. The maximum atomic E-state index is 13.7. The van der Waals surface area contributed by atoms with Gasteiger partial charge in [0.25, 0.3) is 0 Å². The van der Waals surface area contributed by atoms with Crippen molar-refractivity contribution in [3.05, 3.63) is 310 Å². The Morgan fingerprint density at radius 2 is 0.939 bits per heavy atom. The van der Waals surface area contributed by atoms with Gasteiger partial charge in [-0.1, -0.05) is 244 Å². The first-order valence-corrected chi connectivity index (χ1v) is 38.1. The first-order chi connectivity index (χ1) is 53.5. The lowest BCUT2D eigenvalue weighted by Gasteiger charge is -2.39. The minimum atomic E-state index is -0.759. The summed E-state index contributed by atoms with van der Waals surface area (Å²) in [4.78, 5) is 78.7. The monoisotopic (exact) mass is 1800 g/mol. The number of aryl methyl sites for hydroxylation is 1. The van der Waals surface area contributed by atoms with Crippen molar-refractivity contribution in [3.8, 4) is 17.2 Å². The third kappa shape index (κ3) is 22.5. The van der Waals surface area contributed by atoms with Crippen LogP contribution in [0.25, 0.3) is 0 Å². The molecule has 6 heterocycles. The fourth-order valence-corrected chi connectivity index (χ4v) is 13.6. The van der Waals surface area contributed by atoms with E-state index in [0.717, 1.165) is 52.6 Å². The van der Waals surface area contributed by atoms with E-state index in [9.17, 15) is 28.8 Å². The Hall–Kier alpha value is -10.00. The number of pyridine rings is 1. The Bertz CT molecular complexity index is 4930. The zero-order valence-corrected chi connectivity index (χ0v) is 68.4. The van der Waals surface area contributed by atoms with Crippen molar-refractivity contribution >= 4 is 144 Å². The van der Waals surface area contributed by atoms with Gasteiger partial charge in [0, 0.05) is 53.6 Å². The number of halogens is 6. The van der Waals surface area contributed by atoms with Gasteiger partial charge in [-0.2, -0.15) is 10.2 Å². The topological polar surface area (TPSA) is 248 Å². The maximum absolute atomic E-state index is 13.7. The van der Waals surface area contributed by atoms with Crippen LogP contribution in [-0.2, 0) is 49.0 Å². The lowest BCUT2D eigenvalue weighted by atomic mass is 9.76. The van der Waals surface area contributed by atoms with Gasteiger partial charge in [0.15, 0.2) is 17.7 Å². The van der Waals surface area contributed by atoms with Crippen molar-refractivity contribution in [2.45, 2.75) is 78.9 Å². The summed E-state index contributed by atoms with van der Waals surface area (Å²) in [5, 5.41) is 15.9. The highest BCUT2D eigenvalue weighted by Gasteiger charge is 2.42. The van der Waals surface area contributed by atoms with Crippen LogP contribution in [-0.4, -0.2) is 136 Å². The van der Waals surface area contributed by atoms with E-state index in [2.05, 4.69) is 141 Å². The first kappa shape index (κ1) is 91.2. The van der Waals surface area contributed by atoms with Crippen LogP contribution in [0.3, 0.4) is 0 Å². The molecule has 3 aromatic heterocycles. The summed E-state index contributed by atoms with van der Waals surface area (Å²) in [6.07, 6.45) is 2.67. The van der Waals surface area contributed by atoms with Gasteiger partial charge in [-0.05, 0) is 108 Å². The quantitative estimate of drug-likeness (QED) is 0.0332. The number of nitrogens with zero attached hydrogens (tertiary/aromatic N) is 8. The largest absolute Gasteiger partial charge is 0.489 e. The number of amides is 3. The van der Waals surface area contributed by atoms with E-state index >= 15 is 0 Å². The van der Waals surface area contributed by atoms with Crippen LogP contribution in [0.1, 0.15) is 99.1 Å². The van der Waals surface area contributed by atoms with Gasteiger partial charge in [0.05, 0.1) is 54.5 Å². The Labute approximate surface area is 707 Å². The Morgan fingerprint density at radius 3 is 1.35 bits per heavy atom. The fourth-order valence-electron chi connectivity index (χ4n) is 12.1. The lowest BCUT2D eigenvalue weighted by molar-refractivity contribution is -0.529. The molecule has 0 fully saturated rings. The van der Waals surface area contributed by atoms with Gasteiger partial charge in [0.1, 0.15) is 77.4 Å². The van der Waals surface area contributed by atoms with Gasteiger partial charge < -0.3 is 48.6 Å². The highest BCUT2D eigenvalue weighted by atomic mass is 79.9. The van der Waals surface area contributed by atoms with E-state index in [4.69, 9.17) is 52.6 Å². The zero-order valence-electron chi connectivity index (χ0n) is 61.3. The number of carbonyl (C=O) groups excluding carboxylic acids is 6. The average molecular weight is 1800 g/mol. The molecule has 598 valence electrons. The molecule has 11 aromatic rings. The molecule has 0 saturated heterocycles. The van der Waals surface area contributed by atoms with Crippen molar-refractivity contribution in [2.24, 2.45) is 5.73 Å². The molecule has 3 amide bonds. The minimum Gasteiger partial charge on any atom is -0.489 e. The fraction of sp³-hybridized carbons (Fsp3) is 0.235. The standard InChI is InChI=1S/C29H25BrN2O2.C24H24BrClN4O4.C14H13ClN2O3.C10H11BrN2O2.C6H10BN.2CH4.ClH/c1-32-26-18-17-24(30)19-27(26)34-20-25(28(32)33)31-29(21-11-5-2-6-12-21,22-13-7-3-8-14-22)23-15-9-4-10-16-23;1-3-33-24(32)21-17(22(26)30(28-21)13-15-7-5-4-6-8-15)12-27-18-14-34-20-11-16(25)9-10-19(20)29(2)23(18)31;1-2-20-14(19)12-11(9-18)13(15)17(16-12)8-10-6-4-3-5-7-10;1-13-8-3-2-6(11)4-9(8)15-5-7(12)10(13)14;1-6-4-2-3-5-8(6)7;;;/h2-19,25,31H,20H2,1H3;4-11,18,27H,3,12-14H2,1-2H3;3-7,9H,2,8H2,1H3;2-4,7H,5,12H2,1H3;2-5H,1,7H3;2*1H4;1H/t25-;18-;;7-;;;;/m00.0..../s1. The number of fused-ring (bicyclic) bond motifs is 3. The SMILES string of the molecule is C.C.CCOC(=O)c1nn(Cc2ccccc2)c(Cl)c1C=O.CCOC(=O)c1nn(Cc2ccccc2)c(Cl)c1CN[C@H]1COc2cc(Br)ccc2N(C)C1=O.CN1C(=O)[C@@H](N)COc2cc(Br)ccc21.CN1C(=O)[C@@H](NC(c2ccccc2)(c2ccccc2)c2ccccc2)COc2cc(Br)ccc21.Cl.[BH3-][n+]1ccccc1C. The molecule has 0 bridgehead atoms. The number of hydrogen-bond donors (Lipinski definition) is 3. The van der Waals surface area contributed by atoms with Crippen molar-refractivity contribution < 1.29 is 56.9 Å². The second-order valence-electron chi connectivity index (χ2n) is 25.0. The summed E-state index contributed by atoms with van der Waals surface area (Å²) in [7, 11) is 5.54. The predicted octanol–water partition coefficient (Wildman–Crippen LogP) is 14.6. The summed E-state index contributed by atoms with van der Waals surface area (Å²) in [6, 6.07) is 71.2. The number of hydrogen-bond acceptors (Lipinski definition) is 16. The van der Waals surface area contributed by atoms with E-state index in [1.807, 2.05) is 170 Å². The van der Waals surface area contributed by atoms with Crippen molar-refractivity contribution in [1.82, 2.24) is 30.2 Å². The molecule has 4 N–H and O–H groups in total. The highest BCUT2D eigenvalue weighted by Crippen LogP contribution is 2.41. The summed E-state index contributed by atoms with van der Waals surface area (Å²) in [6.45, 7) is 7.42. The third-order valence-corrected chi connectivity index (χ3v) is 19.9. The van der Waals surface area contributed by atoms with Gasteiger partial charge >= 0.3 is 11.9 Å². The molecule has 29 heteroatoms. The summed E-state index contributed by atoms with van der Waals surface area (Å²) >= 11 is 23.0. The second-order valence-corrected chi connectivity index (χ2v) is 28.5. The van der Waals surface area contributed by atoms with Gasteiger partial charge in [-0.25, -0.2) is 19.0 Å². The van der Waals surface area contributed by atoms with Gasteiger partial charge in [-0.15, -0.1) is 12.4 Å². The highest BCUT2D eigenvalue weighted by molar-refractivity contribution is 9.11. The van der Waals surface area contributed by atoms with Crippen LogP contribution >= 0.6 is 83.4 Å². The lowest BCUT2D eigenvalue weighted by Crippen LogP contribution is -2.56. The maximum Gasteiger partial charge on any atom is 0.359 e. The van der Waals surface area contributed by atoms with Crippen molar-refractivity contribution in [2.75, 3.05) is 68.9 Å². The number of carbonyl (C=O) groups is 6. The van der Waals surface area contributed by atoms with Crippen molar-refractivity contribution in [1.29, 1.82) is 0 Å². The van der Waals surface area contributed by atoms with Crippen LogP contribution in [0.2, 0.25) is 10.3 Å². The normalized spacial score (nSPS) is 14.5. The van der Waals surface area contributed by atoms with E-state index in [-0.39, 0.29) is 107 Å². The van der Waals surface area contributed by atoms with E-state index in [0.29, 0.717) is 61.0 Å². The molecule has 0 unspecified atom stereocenters.